The third-order valence-corrected chi connectivity index (χ3v) is 4.29. The van der Waals surface area contributed by atoms with E-state index in [1.807, 2.05) is 13.8 Å². The van der Waals surface area contributed by atoms with Crippen molar-refractivity contribution in [3.8, 4) is 0 Å². The zero-order chi connectivity index (χ0) is 14.8. The zero-order valence-corrected chi connectivity index (χ0v) is 13.2. The summed E-state index contributed by atoms with van der Waals surface area (Å²) in [6.45, 7) is 15.0. The van der Waals surface area contributed by atoms with Gasteiger partial charge in [-0.05, 0) is 45.3 Å². The molecule has 2 N–H and O–H groups in total. The molecule has 0 aromatic rings. The van der Waals surface area contributed by atoms with Gasteiger partial charge in [-0.15, -0.1) is 0 Å². The molecule has 0 rings (SSSR count). The van der Waals surface area contributed by atoms with Crippen LogP contribution in [0.1, 0.15) is 55.4 Å². The van der Waals surface area contributed by atoms with E-state index in [1.54, 1.807) is 13.8 Å². The molecule has 0 unspecified atom stereocenters. The van der Waals surface area contributed by atoms with E-state index in [0.29, 0.717) is 12.2 Å². The minimum Gasteiger partial charge on any atom is -0.455 e. The Labute approximate surface area is 114 Å². The van der Waals surface area contributed by atoms with Crippen molar-refractivity contribution < 1.29 is 14.8 Å². The van der Waals surface area contributed by atoms with Crippen LogP contribution in [0.4, 0.5) is 0 Å². The molecule has 0 fully saturated rings. The molecule has 0 bridgehead atoms. The van der Waals surface area contributed by atoms with Crippen molar-refractivity contribution in [3.05, 3.63) is 0 Å². The van der Waals surface area contributed by atoms with E-state index >= 15 is 0 Å². The maximum atomic E-state index is 10.0. The van der Waals surface area contributed by atoms with Gasteiger partial charge in [-0.3, -0.25) is 0 Å². The van der Waals surface area contributed by atoms with Gasteiger partial charge in [-0.25, -0.2) is 0 Å². The largest absolute Gasteiger partial charge is 0.455 e. The van der Waals surface area contributed by atoms with Gasteiger partial charge in [0.1, 0.15) is 0 Å². The first kappa shape index (κ1) is 18.0. The Balaban J connectivity index is 4.33. The summed E-state index contributed by atoms with van der Waals surface area (Å²) in [5.41, 5.74) is -1.63. The van der Waals surface area contributed by atoms with Crippen LogP contribution in [0.15, 0.2) is 0 Å². The average Bonchev–Trinajstić information content (AvgIpc) is 2.12. The van der Waals surface area contributed by atoms with Crippen molar-refractivity contribution in [1.82, 2.24) is 0 Å². The van der Waals surface area contributed by atoms with Gasteiger partial charge >= 0.3 is 0 Å². The Hall–Kier alpha value is 0.00987. The molecule has 0 atom stereocenters. The van der Waals surface area contributed by atoms with Gasteiger partial charge < -0.3 is 14.8 Å². The number of aliphatic hydroxyl groups is 1. The first-order chi connectivity index (χ1) is 7.79. The van der Waals surface area contributed by atoms with E-state index in [2.05, 4.69) is 27.7 Å². The van der Waals surface area contributed by atoms with Gasteiger partial charge in [0.05, 0.1) is 11.2 Å². The molecule has 0 amide bonds. The van der Waals surface area contributed by atoms with Crippen LogP contribution in [0.2, 0.25) is 6.32 Å². The highest BCUT2D eigenvalue weighted by Crippen LogP contribution is 2.32. The predicted octanol–water partition coefficient (Wildman–Crippen LogP) is 2.33. The molecule has 0 heterocycles. The monoisotopic (exact) mass is 255 g/mol. The molecular formula is C13H29B2O3. The summed E-state index contributed by atoms with van der Waals surface area (Å²) in [5.74, 6) is 0.489. The van der Waals surface area contributed by atoms with Crippen molar-refractivity contribution in [2.45, 2.75) is 72.9 Å². The highest BCUT2D eigenvalue weighted by atomic mass is 16.5. The fourth-order valence-electron chi connectivity index (χ4n) is 1.22. The van der Waals surface area contributed by atoms with Gasteiger partial charge in [0, 0.05) is 0 Å². The minimum atomic E-state index is -0.962. The van der Waals surface area contributed by atoms with Crippen molar-refractivity contribution in [1.29, 1.82) is 0 Å². The maximum Gasteiger partial charge on any atom is 0.290 e. The summed E-state index contributed by atoms with van der Waals surface area (Å²) >= 11 is 0. The fourth-order valence-corrected chi connectivity index (χ4v) is 1.22. The molecule has 1 radical (unpaired) electrons. The zero-order valence-electron chi connectivity index (χ0n) is 13.2. The molecule has 0 saturated carbocycles. The summed E-state index contributed by atoms with van der Waals surface area (Å²) in [6.07, 6.45) is 0.645. The molecule has 0 aromatic carbocycles. The SMILES string of the molecule is CC(C)C(C)(C)CB(O)[B]OC(C)(C)C(C)(C)O. The van der Waals surface area contributed by atoms with Crippen LogP contribution in [-0.4, -0.2) is 35.5 Å². The van der Waals surface area contributed by atoms with Gasteiger partial charge in [-0.2, -0.15) is 0 Å². The lowest BCUT2D eigenvalue weighted by Gasteiger charge is -2.38. The molecule has 18 heavy (non-hydrogen) atoms. The second-order valence-corrected chi connectivity index (χ2v) is 7.24. The van der Waals surface area contributed by atoms with Crippen molar-refractivity contribution in [2.24, 2.45) is 11.3 Å². The third-order valence-electron chi connectivity index (χ3n) is 4.29. The smallest absolute Gasteiger partial charge is 0.290 e. The van der Waals surface area contributed by atoms with E-state index < -0.39 is 18.0 Å². The van der Waals surface area contributed by atoms with E-state index in [-0.39, 0.29) is 5.41 Å². The van der Waals surface area contributed by atoms with Crippen LogP contribution < -0.4 is 0 Å². The van der Waals surface area contributed by atoms with Crippen molar-refractivity contribution >= 4 is 14.2 Å². The van der Waals surface area contributed by atoms with Crippen LogP contribution in [0.25, 0.3) is 0 Å². The minimum absolute atomic E-state index is 0.0537. The number of hydrogen-bond donors (Lipinski definition) is 2. The highest BCUT2D eigenvalue weighted by molar-refractivity contribution is 7.05. The lowest BCUT2D eigenvalue weighted by molar-refractivity contribution is -0.0891. The topological polar surface area (TPSA) is 49.7 Å². The Morgan fingerprint density at radius 3 is 1.89 bits per heavy atom. The lowest BCUT2D eigenvalue weighted by Crippen LogP contribution is -2.50. The number of hydrogen-bond acceptors (Lipinski definition) is 3. The maximum absolute atomic E-state index is 10.0. The Morgan fingerprint density at radius 1 is 1.11 bits per heavy atom. The van der Waals surface area contributed by atoms with Gasteiger partial charge in [0.2, 0.25) is 0 Å². The van der Waals surface area contributed by atoms with E-state index in [1.165, 1.54) is 7.37 Å². The quantitative estimate of drug-likeness (QED) is 0.686. The molecule has 0 aliphatic rings. The average molecular weight is 255 g/mol. The molecule has 0 spiro atoms. The molecule has 5 heteroatoms. The lowest BCUT2D eigenvalue weighted by atomic mass is 9.36. The first-order valence-electron chi connectivity index (χ1n) is 6.71. The van der Waals surface area contributed by atoms with Gasteiger partial charge in [0.15, 0.2) is 0 Å². The Bertz CT molecular complexity index is 257. The van der Waals surface area contributed by atoms with Crippen LogP contribution in [0.5, 0.6) is 0 Å². The Morgan fingerprint density at radius 2 is 1.56 bits per heavy atom. The van der Waals surface area contributed by atoms with E-state index in [9.17, 15) is 10.1 Å². The molecule has 105 valence electrons. The summed E-state index contributed by atoms with van der Waals surface area (Å²) in [7, 11) is 1.45. The summed E-state index contributed by atoms with van der Waals surface area (Å²) in [4.78, 5) is 0. The molecule has 3 nitrogen and oxygen atoms in total. The predicted molar refractivity (Wildman–Crippen MR) is 78.6 cm³/mol. The van der Waals surface area contributed by atoms with E-state index in [0.717, 1.165) is 0 Å². The molecule has 0 aromatic heterocycles. The van der Waals surface area contributed by atoms with Crippen LogP contribution in [0, 0.1) is 11.3 Å². The van der Waals surface area contributed by atoms with E-state index in [4.69, 9.17) is 4.65 Å². The first-order valence-corrected chi connectivity index (χ1v) is 6.71. The molecule has 0 aliphatic carbocycles. The van der Waals surface area contributed by atoms with Crippen LogP contribution in [-0.2, 0) is 4.65 Å². The second kappa shape index (κ2) is 5.98. The third kappa shape index (κ3) is 5.33. The van der Waals surface area contributed by atoms with Crippen molar-refractivity contribution in [2.75, 3.05) is 0 Å². The van der Waals surface area contributed by atoms with Gasteiger partial charge in [0.25, 0.3) is 14.2 Å². The summed E-state index contributed by atoms with van der Waals surface area (Å²) < 4.78 is 5.56. The summed E-state index contributed by atoms with van der Waals surface area (Å²) in [6, 6.07) is 0. The highest BCUT2D eigenvalue weighted by Gasteiger charge is 2.38. The normalized spacial score (nSPS) is 13.9. The molecular weight excluding hydrogens is 226 g/mol. The van der Waals surface area contributed by atoms with Crippen molar-refractivity contribution in [3.63, 3.8) is 0 Å². The molecule has 0 aliphatic heterocycles. The fraction of sp³-hybridized carbons (Fsp3) is 1.00. The standard InChI is InChI=1S/C13H29B2O3/c1-10(2)11(3,4)9-15(17)14-18-13(7,8)12(5,6)16/h10,16-17H,9H2,1-8H3. The summed E-state index contributed by atoms with van der Waals surface area (Å²) in [5, 5.41) is 20.0. The van der Waals surface area contributed by atoms with Crippen LogP contribution >= 0.6 is 0 Å². The second-order valence-electron chi connectivity index (χ2n) is 7.24. The van der Waals surface area contributed by atoms with Crippen LogP contribution in [0.3, 0.4) is 0 Å². The number of rotatable bonds is 7. The Kier molecular flexibility index (Phi) is 5.98. The molecule has 0 saturated heterocycles. The van der Waals surface area contributed by atoms with Gasteiger partial charge in [-0.1, -0.05) is 27.7 Å².